The average Bonchev–Trinajstić information content (AvgIpc) is 0.775. The van der Waals surface area contributed by atoms with E-state index < -0.39 is 0 Å². The Kier molecular flexibility index (Phi) is 15.6. The lowest BCUT2D eigenvalue weighted by Crippen LogP contribution is -2.10. The Bertz CT molecular complexity index is 6460. The Morgan fingerprint density at radius 3 is 0.913 bits per heavy atom. The highest BCUT2D eigenvalue weighted by Crippen LogP contribution is 2.46. The van der Waals surface area contributed by atoms with Crippen LogP contribution in [-0.2, 0) is 0 Å². The third-order valence-electron chi connectivity index (χ3n) is 21.0. The molecule has 0 saturated heterocycles. The van der Waals surface area contributed by atoms with Crippen LogP contribution >= 0.6 is 0 Å². The number of nitrogens with zero attached hydrogens (tertiary/aromatic N) is 2. The molecule has 19 aromatic rings. The molecule has 0 saturated carbocycles. The van der Waals surface area contributed by atoms with Crippen LogP contribution in [0.5, 0.6) is 0 Å². The maximum absolute atomic E-state index is 2.41. The molecule has 0 aromatic heterocycles. The highest BCUT2D eigenvalue weighted by atomic mass is 15.1. The van der Waals surface area contributed by atoms with Gasteiger partial charge < -0.3 is 9.80 Å². The van der Waals surface area contributed by atoms with E-state index >= 15 is 0 Å². The monoisotopic (exact) mass is 1320 g/mol. The zero-order chi connectivity index (χ0) is 68.9. The van der Waals surface area contributed by atoms with Crippen LogP contribution in [0.15, 0.2) is 413 Å². The molecule has 0 atom stereocenters. The number of rotatable bonds is 14. The van der Waals surface area contributed by atoms with Gasteiger partial charge in [0, 0.05) is 33.8 Å². The summed E-state index contributed by atoms with van der Waals surface area (Å²) < 4.78 is 0. The molecule has 0 spiro atoms. The van der Waals surface area contributed by atoms with Crippen LogP contribution in [-0.4, -0.2) is 0 Å². The molecule has 0 radical (unpaired) electrons. The lowest BCUT2D eigenvalue weighted by molar-refractivity contribution is 1.28. The van der Waals surface area contributed by atoms with Crippen molar-refractivity contribution in [2.75, 3.05) is 9.80 Å². The summed E-state index contributed by atoms with van der Waals surface area (Å²) in [6, 6.07) is 152. The second kappa shape index (κ2) is 26.5. The van der Waals surface area contributed by atoms with Crippen molar-refractivity contribution in [3.63, 3.8) is 0 Å². The Labute approximate surface area is 606 Å². The summed E-state index contributed by atoms with van der Waals surface area (Å²) in [7, 11) is 0. The van der Waals surface area contributed by atoms with E-state index in [9.17, 15) is 0 Å². The van der Waals surface area contributed by atoms with Gasteiger partial charge in [0.05, 0.1) is 5.69 Å². The molecule has 19 aromatic carbocycles. The topological polar surface area (TPSA) is 6.48 Å². The van der Waals surface area contributed by atoms with E-state index in [-0.39, 0.29) is 0 Å². The minimum Gasteiger partial charge on any atom is -0.310 e. The molecule has 2 nitrogen and oxygen atoms in total. The van der Waals surface area contributed by atoms with Gasteiger partial charge in [-0.2, -0.15) is 0 Å². The summed E-state index contributed by atoms with van der Waals surface area (Å²) in [4.78, 5) is 4.80. The maximum Gasteiger partial charge on any atom is 0.0540 e. The molecule has 0 heterocycles. The molecule has 0 aliphatic rings. The van der Waals surface area contributed by atoms with E-state index in [0.29, 0.717) is 0 Å². The summed E-state index contributed by atoms with van der Waals surface area (Å²) in [6.45, 7) is 0. The molecule has 0 N–H and O–H groups in total. The predicted octanol–water partition coefficient (Wildman–Crippen LogP) is 28.9. The highest BCUT2D eigenvalue weighted by molar-refractivity contribution is 6.08. The molecule has 0 bridgehead atoms. The van der Waals surface area contributed by atoms with Crippen molar-refractivity contribution in [1.82, 2.24) is 0 Å². The van der Waals surface area contributed by atoms with Gasteiger partial charge in [0.2, 0.25) is 0 Å². The van der Waals surface area contributed by atoms with E-state index in [2.05, 4.69) is 422 Å². The summed E-state index contributed by atoms with van der Waals surface area (Å²) in [6.07, 6.45) is 0. The van der Waals surface area contributed by atoms with Crippen LogP contribution in [0.1, 0.15) is 0 Å². The van der Waals surface area contributed by atoms with Crippen molar-refractivity contribution in [3.8, 4) is 89.0 Å². The second-order valence-electron chi connectivity index (χ2n) is 27.1. The van der Waals surface area contributed by atoms with Crippen LogP contribution in [0.25, 0.3) is 154 Å². The SMILES string of the molecule is c1cc(-c2ccc(N(c3cccc(-c4cccc5ccccc45)c3)c3cccc4ccccc34)cc2)cc(-c2ccc3cc(-c4ccc(-c5cccc(-c6ccc(N(c7ccc(-c8cccc9ccccc89)cc7)c7cccc(-c8cccc9ccccc89)c7)cc6)c5)c5ccccc45)ccc3c2)c1. The fourth-order valence-corrected chi connectivity index (χ4v) is 15.9. The molecular weight excluding hydrogens is 1250 g/mol. The fraction of sp³-hybridized carbons (Fsp3) is 0. The first kappa shape index (κ1) is 61.4. The Morgan fingerprint density at radius 1 is 0.125 bits per heavy atom. The number of hydrogen-bond acceptors (Lipinski definition) is 2. The molecule has 0 amide bonds. The van der Waals surface area contributed by atoms with Crippen LogP contribution in [0.2, 0.25) is 0 Å². The quantitative estimate of drug-likeness (QED) is 0.107. The van der Waals surface area contributed by atoms with Crippen LogP contribution in [0, 0.1) is 0 Å². The molecule has 0 fully saturated rings. The number of hydrogen-bond donors (Lipinski definition) is 0. The molecule has 104 heavy (non-hydrogen) atoms. The smallest absolute Gasteiger partial charge is 0.0540 e. The molecule has 0 aliphatic carbocycles. The van der Waals surface area contributed by atoms with Gasteiger partial charge in [0.25, 0.3) is 0 Å². The van der Waals surface area contributed by atoms with Crippen molar-refractivity contribution < 1.29 is 0 Å². The van der Waals surface area contributed by atoms with Gasteiger partial charge in [-0.15, -0.1) is 0 Å². The highest BCUT2D eigenvalue weighted by Gasteiger charge is 2.20. The first-order chi connectivity index (χ1) is 51.5. The third kappa shape index (κ3) is 11.5. The number of benzene rings is 19. The lowest BCUT2D eigenvalue weighted by atomic mass is 9.90. The minimum absolute atomic E-state index is 1.08. The molecule has 0 aliphatic heterocycles. The number of anilines is 6. The van der Waals surface area contributed by atoms with Crippen molar-refractivity contribution in [2.24, 2.45) is 0 Å². The van der Waals surface area contributed by atoms with Crippen LogP contribution < -0.4 is 9.80 Å². The van der Waals surface area contributed by atoms with Gasteiger partial charge in [-0.1, -0.05) is 322 Å². The Balaban J connectivity index is 0.596. The zero-order valence-corrected chi connectivity index (χ0v) is 57.2. The first-order valence-electron chi connectivity index (χ1n) is 35.8. The van der Waals surface area contributed by atoms with Gasteiger partial charge in [-0.3, -0.25) is 0 Å². The van der Waals surface area contributed by atoms with Crippen LogP contribution in [0.3, 0.4) is 0 Å². The summed E-state index contributed by atoms with van der Waals surface area (Å²) in [5.41, 5.74) is 25.6. The molecule has 19 rings (SSSR count). The standard InChI is InChI=1S/C102H68N2/c1-5-35-91-71(19-1)23-15-41-94(91)75-53-59-87(60-54-75)103(89-33-13-31-83(67-89)95-42-16-24-72-20-2-6-36-92(72)95)86-55-49-70(50-56-86)77-28-12-30-82(65-77)97-61-62-98(101-40-10-9-39-100(97)101)85-48-47-80-64-79(45-46-81(80)66-85)78-29-11-27-76(63-78)69-51-57-88(58-52-69)104(102-44-18-26-74-22-4-8-38-99(74)102)90-34-14-32-84(68-90)96-43-17-25-73-21-3-7-37-93(73)96/h1-68H. The molecule has 0 unspecified atom stereocenters. The fourth-order valence-electron chi connectivity index (χ4n) is 15.9. The largest absolute Gasteiger partial charge is 0.310 e. The zero-order valence-electron chi connectivity index (χ0n) is 57.2. The van der Waals surface area contributed by atoms with Gasteiger partial charge in [0.15, 0.2) is 0 Å². The van der Waals surface area contributed by atoms with E-state index in [1.54, 1.807) is 0 Å². The van der Waals surface area contributed by atoms with E-state index in [1.807, 2.05) is 0 Å². The van der Waals surface area contributed by atoms with Gasteiger partial charge >= 0.3 is 0 Å². The summed E-state index contributed by atoms with van der Waals surface area (Å²) in [5.74, 6) is 0. The van der Waals surface area contributed by atoms with Crippen molar-refractivity contribution >= 4 is 98.8 Å². The van der Waals surface area contributed by atoms with Crippen molar-refractivity contribution in [3.05, 3.63) is 413 Å². The average molecular weight is 1320 g/mol. The minimum atomic E-state index is 1.08. The second-order valence-corrected chi connectivity index (χ2v) is 27.1. The van der Waals surface area contributed by atoms with E-state index in [1.165, 1.54) is 137 Å². The van der Waals surface area contributed by atoms with Gasteiger partial charge in [-0.05, 0) is 239 Å². The molecule has 2 heteroatoms. The normalized spacial score (nSPS) is 11.5. The summed E-state index contributed by atoms with van der Waals surface area (Å²) >= 11 is 0. The van der Waals surface area contributed by atoms with Gasteiger partial charge in [0.1, 0.15) is 0 Å². The van der Waals surface area contributed by atoms with Crippen LogP contribution in [0.4, 0.5) is 34.1 Å². The maximum atomic E-state index is 2.41. The number of fused-ring (bicyclic) bond motifs is 6. The van der Waals surface area contributed by atoms with Crippen molar-refractivity contribution in [1.29, 1.82) is 0 Å². The molecule has 486 valence electrons. The van der Waals surface area contributed by atoms with Crippen molar-refractivity contribution in [2.45, 2.75) is 0 Å². The predicted molar refractivity (Wildman–Crippen MR) is 444 cm³/mol. The lowest BCUT2D eigenvalue weighted by Gasteiger charge is -2.27. The Morgan fingerprint density at radius 2 is 0.413 bits per heavy atom. The third-order valence-corrected chi connectivity index (χ3v) is 21.0. The Hall–Kier alpha value is -13.7. The summed E-state index contributed by atoms with van der Waals surface area (Å²) in [5, 5.41) is 14.7. The van der Waals surface area contributed by atoms with Gasteiger partial charge in [-0.25, -0.2) is 0 Å². The molecular formula is C102H68N2. The van der Waals surface area contributed by atoms with E-state index in [4.69, 9.17) is 0 Å². The van der Waals surface area contributed by atoms with E-state index in [0.717, 1.165) is 50.8 Å². The first-order valence-corrected chi connectivity index (χ1v) is 35.8.